The van der Waals surface area contributed by atoms with Crippen molar-refractivity contribution >= 4 is 16.8 Å². The van der Waals surface area contributed by atoms with Gasteiger partial charge in [0.05, 0.1) is 19.3 Å². The van der Waals surface area contributed by atoms with Crippen LogP contribution >= 0.6 is 11.8 Å². The Kier molecular flexibility index (Phi) is 6.22. The molecule has 23 heavy (non-hydrogen) atoms. The lowest BCUT2D eigenvalue weighted by molar-refractivity contribution is -0.205. The molecular weight excluding hydrogens is 326 g/mol. The molecule has 1 aliphatic heterocycles. The van der Waals surface area contributed by atoms with Crippen LogP contribution in [0, 0.1) is 0 Å². The van der Waals surface area contributed by atoms with E-state index in [2.05, 4.69) is 5.16 Å². The van der Waals surface area contributed by atoms with Crippen LogP contribution in [-0.2, 0) is 4.74 Å². The Morgan fingerprint density at radius 1 is 1.22 bits per heavy atom. The quantitative estimate of drug-likeness (QED) is 0.211. The molecule has 1 aromatic carbocycles. The third-order valence-electron chi connectivity index (χ3n) is 3.50. The zero-order chi connectivity index (χ0) is 17.0. The first kappa shape index (κ1) is 18.0. The minimum atomic E-state index is -1.49. The lowest BCUT2D eigenvalue weighted by Gasteiger charge is -2.39. The highest BCUT2D eigenvalue weighted by molar-refractivity contribution is 8.14. The topological polar surface area (TPSA) is 132 Å². The van der Waals surface area contributed by atoms with Gasteiger partial charge in [-0.3, -0.25) is 0 Å². The number of hydrogen-bond donors (Lipinski definition) is 5. The van der Waals surface area contributed by atoms with Crippen LogP contribution in [0.4, 0.5) is 0 Å². The summed E-state index contributed by atoms with van der Waals surface area (Å²) in [7, 11) is 1.46. The minimum absolute atomic E-state index is 0.103. The van der Waals surface area contributed by atoms with E-state index in [9.17, 15) is 25.6 Å². The van der Waals surface area contributed by atoms with Crippen LogP contribution in [0.3, 0.4) is 0 Å². The largest absolute Gasteiger partial charge is 0.496 e. The molecule has 1 saturated heterocycles. The Bertz CT molecular complexity index is 554. The zero-order valence-corrected chi connectivity index (χ0v) is 13.1. The average molecular weight is 345 g/mol. The summed E-state index contributed by atoms with van der Waals surface area (Å²) >= 11 is 0.847. The van der Waals surface area contributed by atoms with Crippen molar-refractivity contribution in [3.8, 4) is 5.75 Å². The predicted molar refractivity (Wildman–Crippen MR) is 82.7 cm³/mol. The maximum absolute atomic E-state index is 10.0. The van der Waals surface area contributed by atoms with Crippen molar-refractivity contribution in [2.45, 2.75) is 29.9 Å². The van der Waals surface area contributed by atoms with E-state index in [0.29, 0.717) is 11.3 Å². The van der Waals surface area contributed by atoms with Crippen molar-refractivity contribution < 1.29 is 35.1 Å². The number of nitrogens with zero attached hydrogens (tertiary/aromatic N) is 1. The summed E-state index contributed by atoms with van der Waals surface area (Å²) in [6.45, 7) is -0.526. The Morgan fingerprint density at radius 2 is 1.91 bits per heavy atom. The molecule has 0 saturated carbocycles. The van der Waals surface area contributed by atoms with Gasteiger partial charge in [-0.05, 0) is 12.1 Å². The van der Waals surface area contributed by atoms with E-state index in [1.54, 1.807) is 24.3 Å². The van der Waals surface area contributed by atoms with Crippen LogP contribution < -0.4 is 4.74 Å². The van der Waals surface area contributed by atoms with Gasteiger partial charge >= 0.3 is 0 Å². The van der Waals surface area contributed by atoms with Crippen molar-refractivity contribution in [2.24, 2.45) is 5.16 Å². The summed E-state index contributed by atoms with van der Waals surface area (Å²) < 4.78 is 10.6. The molecule has 1 heterocycles. The van der Waals surface area contributed by atoms with E-state index in [1.807, 2.05) is 0 Å². The van der Waals surface area contributed by atoms with Crippen molar-refractivity contribution in [1.29, 1.82) is 0 Å². The highest BCUT2D eigenvalue weighted by atomic mass is 32.2. The van der Waals surface area contributed by atoms with Crippen LogP contribution in [0.1, 0.15) is 5.56 Å². The summed E-state index contributed by atoms with van der Waals surface area (Å²) in [6, 6.07) is 6.80. The van der Waals surface area contributed by atoms with Gasteiger partial charge in [-0.2, -0.15) is 0 Å². The molecule has 0 amide bonds. The molecule has 0 unspecified atom stereocenters. The van der Waals surface area contributed by atoms with Gasteiger partial charge in [0.1, 0.15) is 40.6 Å². The number of aliphatic hydroxyl groups is 4. The number of benzene rings is 1. The first-order valence-corrected chi connectivity index (χ1v) is 7.74. The van der Waals surface area contributed by atoms with Gasteiger partial charge in [-0.1, -0.05) is 29.1 Å². The highest BCUT2D eigenvalue weighted by Crippen LogP contribution is 2.33. The third kappa shape index (κ3) is 3.77. The number of thioether (sulfide) groups is 1. The van der Waals surface area contributed by atoms with Gasteiger partial charge in [-0.15, -0.1) is 0 Å². The van der Waals surface area contributed by atoms with Crippen LogP contribution in [0.25, 0.3) is 0 Å². The number of aliphatic hydroxyl groups excluding tert-OH is 4. The summed E-state index contributed by atoms with van der Waals surface area (Å²) in [4.78, 5) is 0. The minimum Gasteiger partial charge on any atom is -0.496 e. The lowest BCUT2D eigenvalue weighted by Crippen LogP contribution is -2.57. The number of methoxy groups -OCH3 is 1. The standard InChI is InChI=1S/C14H19NO7S/c1-21-8-5-3-2-4-7(8)13(15-20)23-14-12(19)11(18)10(17)9(6-16)22-14/h2-5,9-12,14,16-20H,6H2,1H3/b15-13+/t9-,10-,11+,12-,14+/m1/s1. The maximum Gasteiger partial charge on any atom is 0.149 e. The number of oxime groups is 1. The molecule has 128 valence electrons. The van der Waals surface area contributed by atoms with E-state index in [1.165, 1.54) is 7.11 Å². The summed E-state index contributed by atoms with van der Waals surface area (Å²) in [5.41, 5.74) is -0.569. The van der Waals surface area contributed by atoms with Gasteiger partial charge in [0.2, 0.25) is 0 Å². The van der Waals surface area contributed by atoms with E-state index in [4.69, 9.17) is 9.47 Å². The van der Waals surface area contributed by atoms with Gasteiger partial charge in [0, 0.05) is 0 Å². The van der Waals surface area contributed by atoms with Gasteiger partial charge in [0.25, 0.3) is 0 Å². The fraction of sp³-hybridized carbons (Fsp3) is 0.500. The maximum atomic E-state index is 10.0. The molecule has 8 nitrogen and oxygen atoms in total. The first-order valence-electron chi connectivity index (χ1n) is 6.86. The SMILES string of the molecule is COc1ccccc1/C(=N\O)S[C@@H]1O[C@H](CO)[C@@H](O)[C@H](O)[C@H]1O. The molecule has 1 aromatic rings. The number of para-hydroxylation sites is 1. The molecule has 0 bridgehead atoms. The van der Waals surface area contributed by atoms with Gasteiger partial charge < -0.3 is 35.1 Å². The number of rotatable bonds is 4. The van der Waals surface area contributed by atoms with Crippen LogP contribution in [0.5, 0.6) is 5.75 Å². The second-order valence-corrected chi connectivity index (χ2v) is 6.01. The molecule has 1 aliphatic rings. The number of ether oxygens (including phenoxy) is 2. The second kappa shape index (κ2) is 7.95. The first-order chi connectivity index (χ1) is 11.0. The molecule has 0 spiro atoms. The van der Waals surface area contributed by atoms with Gasteiger partial charge in [0.15, 0.2) is 0 Å². The fourth-order valence-electron chi connectivity index (χ4n) is 2.24. The third-order valence-corrected chi connectivity index (χ3v) is 4.65. The highest BCUT2D eigenvalue weighted by Gasteiger charge is 2.44. The Morgan fingerprint density at radius 3 is 2.52 bits per heavy atom. The average Bonchev–Trinajstić information content (AvgIpc) is 2.59. The van der Waals surface area contributed by atoms with E-state index in [0.717, 1.165) is 11.8 Å². The molecule has 5 atom stereocenters. The molecule has 5 N–H and O–H groups in total. The predicted octanol–water partition coefficient (Wildman–Crippen LogP) is -0.636. The molecular formula is C14H19NO7S. The molecule has 2 rings (SSSR count). The molecule has 0 aliphatic carbocycles. The molecule has 1 fully saturated rings. The summed E-state index contributed by atoms with van der Waals surface area (Å²) in [5.74, 6) is 0.456. The van der Waals surface area contributed by atoms with Gasteiger partial charge in [-0.25, -0.2) is 0 Å². The smallest absolute Gasteiger partial charge is 0.149 e. The van der Waals surface area contributed by atoms with Crippen LogP contribution in [0.2, 0.25) is 0 Å². The molecule has 9 heteroatoms. The van der Waals surface area contributed by atoms with Crippen molar-refractivity contribution in [1.82, 2.24) is 0 Å². The van der Waals surface area contributed by atoms with Crippen LogP contribution in [0.15, 0.2) is 29.4 Å². The zero-order valence-electron chi connectivity index (χ0n) is 12.3. The lowest BCUT2D eigenvalue weighted by atomic mass is 10.0. The summed E-state index contributed by atoms with van der Waals surface area (Å²) in [5, 5.41) is 51.3. The fourth-order valence-corrected chi connectivity index (χ4v) is 3.30. The molecule has 0 radical (unpaired) electrons. The normalized spacial score (nSPS) is 31.9. The van der Waals surface area contributed by atoms with Crippen molar-refractivity contribution in [3.05, 3.63) is 29.8 Å². The van der Waals surface area contributed by atoms with E-state index >= 15 is 0 Å². The second-order valence-electron chi connectivity index (χ2n) is 4.92. The van der Waals surface area contributed by atoms with E-state index in [-0.39, 0.29) is 5.04 Å². The van der Waals surface area contributed by atoms with E-state index < -0.39 is 36.5 Å². The van der Waals surface area contributed by atoms with Crippen molar-refractivity contribution in [3.63, 3.8) is 0 Å². The van der Waals surface area contributed by atoms with Crippen LogP contribution in [-0.4, -0.2) is 74.2 Å². The summed E-state index contributed by atoms with van der Waals surface area (Å²) in [6.07, 6.45) is -5.38. The monoisotopic (exact) mass is 345 g/mol. The number of hydrogen-bond acceptors (Lipinski definition) is 9. The molecule has 0 aromatic heterocycles. The Labute approximate surface area is 137 Å². The Balaban J connectivity index is 2.21. The van der Waals surface area contributed by atoms with Crippen molar-refractivity contribution in [2.75, 3.05) is 13.7 Å². The Hall–Kier alpha value is -1.36.